The first kappa shape index (κ1) is 30.2. The maximum Gasteiger partial charge on any atom is 0.314 e. The summed E-state index contributed by atoms with van der Waals surface area (Å²) in [4.78, 5) is 28.2. The van der Waals surface area contributed by atoms with Crippen molar-refractivity contribution >= 4 is 17.6 Å². The van der Waals surface area contributed by atoms with E-state index in [9.17, 15) is 9.59 Å². The van der Waals surface area contributed by atoms with E-state index in [2.05, 4.69) is 80.9 Å². The molecule has 2 aromatic carbocycles. The van der Waals surface area contributed by atoms with Crippen LogP contribution in [0.25, 0.3) is 11.1 Å². The molecule has 8 nitrogen and oxygen atoms in total. The predicted molar refractivity (Wildman–Crippen MR) is 174 cm³/mol. The van der Waals surface area contributed by atoms with Crippen molar-refractivity contribution in [2.75, 3.05) is 25.6 Å². The average molecular weight is 598 g/mol. The molecule has 1 heterocycles. The van der Waals surface area contributed by atoms with Crippen LogP contribution < -0.4 is 20.3 Å². The fourth-order valence-corrected chi connectivity index (χ4v) is 7.26. The Morgan fingerprint density at radius 1 is 0.955 bits per heavy atom. The first-order valence-corrected chi connectivity index (χ1v) is 16.5. The highest BCUT2D eigenvalue weighted by Gasteiger charge is 2.33. The number of amides is 3. The van der Waals surface area contributed by atoms with Gasteiger partial charge in [-0.25, -0.2) is 4.79 Å². The predicted octanol–water partition coefficient (Wildman–Crippen LogP) is 7.00. The number of anilines is 1. The van der Waals surface area contributed by atoms with Gasteiger partial charge in [-0.15, -0.1) is 0 Å². The van der Waals surface area contributed by atoms with Crippen LogP contribution in [0.1, 0.15) is 87.3 Å². The van der Waals surface area contributed by atoms with Crippen molar-refractivity contribution in [1.29, 1.82) is 0 Å². The van der Waals surface area contributed by atoms with E-state index in [1.165, 1.54) is 24.0 Å². The number of hydrogen-bond donors (Lipinski definition) is 2. The average Bonchev–Trinajstić information content (AvgIpc) is 3.79. The van der Waals surface area contributed by atoms with E-state index in [-0.39, 0.29) is 23.9 Å². The molecular formula is C36H47N5O3. The zero-order valence-corrected chi connectivity index (χ0v) is 26.4. The number of urea groups is 1. The molecule has 6 rings (SSSR count). The van der Waals surface area contributed by atoms with Crippen LogP contribution in [0.5, 0.6) is 5.75 Å². The molecule has 3 saturated carbocycles. The Morgan fingerprint density at radius 2 is 1.73 bits per heavy atom. The number of carbonyl (C=O) groups is 2. The Balaban J connectivity index is 1.17. The molecule has 3 amide bonds. The number of methoxy groups -OCH3 is 1. The Labute approximate surface area is 261 Å². The third-order valence-electron chi connectivity index (χ3n) is 10.1. The number of ether oxygens (including phenoxy) is 1. The van der Waals surface area contributed by atoms with Gasteiger partial charge in [0.1, 0.15) is 5.75 Å². The number of nitrogens with one attached hydrogen (secondary N) is 2. The van der Waals surface area contributed by atoms with Crippen molar-refractivity contribution in [3.63, 3.8) is 0 Å². The molecular weight excluding hydrogens is 550 g/mol. The number of aromatic nitrogens is 2. The van der Waals surface area contributed by atoms with Gasteiger partial charge in [-0.1, -0.05) is 24.3 Å². The zero-order chi connectivity index (χ0) is 30.6. The highest BCUT2D eigenvalue weighted by Crippen LogP contribution is 2.39. The van der Waals surface area contributed by atoms with Crippen molar-refractivity contribution in [2.24, 2.45) is 11.8 Å². The van der Waals surface area contributed by atoms with Crippen LogP contribution in [0, 0.1) is 18.8 Å². The van der Waals surface area contributed by atoms with Crippen LogP contribution in [0.3, 0.4) is 0 Å². The van der Waals surface area contributed by atoms with E-state index in [0.29, 0.717) is 17.9 Å². The van der Waals surface area contributed by atoms with Gasteiger partial charge in [0.05, 0.1) is 19.3 Å². The maximum atomic E-state index is 14.3. The summed E-state index contributed by atoms with van der Waals surface area (Å²) < 4.78 is 7.56. The van der Waals surface area contributed by atoms with Crippen molar-refractivity contribution in [3.05, 3.63) is 66.0 Å². The summed E-state index contributed by atoms with van der Waals surface area (Å²) in [7, 11) is 3.36. The van der Waals surface area contributed by atoms with Gasteiger partial charge in [0.15, 0.2) is 0 Å². The molecule has 3 fully saturated rings. The van der Waals surface area contributed by atoms with Gasteiger partial charge in [0.2, 0.25) is 5.91 Å². The second kappa shape index (κ2) is 13.4. The maximum absolute atomic E-state index is 14.3. The Morgan fingerprint density at radius 3 is 2.41 bits per heavy atom. The molecule has 3 aromatic rings. The van der Waals surface area contributed by atoms with Crippen LogP contribution >= 0.6 is 0 Å². The van der Waals surface area contributed by atoms with E-state index >= 15 is 0 Å². The van der Waals surface area contributed by atoms with Crippen molar-refractivity contribution < 1.29 is 14.3 Å². The van der Waals surface area contributed by atoms with Gasteiger partial charge >= 0.3 is 6.03 Å². The van der Waals surface area contributed by atoms with E-state index in [4.69, 9.17) is 4.74 Å². The lowest BCUT2D eigenvalue weighted by Crippen LogP contribution is -2.45. The first-order chi connectivity index (χ1) is 21.4. The molecule has 0 atom stereocenters. The minimum atomic E-state index is -0.149. The molecule has 0 spiro atoms. The van der Waals surface area contributed by atoms with E-state index in [1.807, 2.05) is 6.20 Å². The Bertz CT molecular complexity index is 1450. The number of aryl methyl sites for hydroxylation is 1. The summed E-state index contributed by atoms with van der Waals surface area (Å²) in [6, 6.07) is 15.6. The number of rotatable bonds is 9. The van der Waals surface area contributed by atoms with E-state index in [1.54, 1.807) is 14.2 Å². The number of benzene rings is 2. The van der Waals surface area contributed by atoms with Gasteiger partial charge in [-0.05, 0) is 118 Å². The fraction of sp³-hybridized carbons (Fsp3) is 0.528. The summed E-state index contributed by atoms with van der Waals surface area (Å²) in [5.74, 6) is 2.15. The van der Waals surface area contributed by atoms with Crippen LogP contribution in [0.2, 0.25) is 0 Å². The third kappa shape index (κ3) is 6.95. The number of carbonyl (C=O) groups excluding carboxylic acids is 2. The van der Waals surface area contributed by atoms with Crippen LogP contribution in [0.15, 0.2) is 54.9 Å². The zero-order valence-electron chi connectivity index (χ0n) is 26.4. The molecule has 0 saturated heterocycles. The molecule has 3 aliphatic carbocycles. The standard InChI is InChI=1S/C36H47N5O3/c1-24-19-29(13-18-34(24)44-3)26-9-7-25(8-10-26)22-40(35(42)27-11-14-31(15-12-27)39-36(43)37-2)33-6-4-5-28(20-33)30-21-38-41(23-30)32-16-17-32/h4-6,13,18-21,23,25-27,31-32H,7-12,14-17,22H2,1-3H3,(H2,37,39,43)/t25-,26-,27-,31-. The molecule has 0 aliphatic heterocycles. The lowest BCUT2D eigenvalue weighted by Gasteiger charge is -2.36. The monoisotopic (exact) mass is 597 g/mol. The Kier molecular flexibility index (Phi) is 9.24. The lowest BCUT2D eigenvalue weighted by atomic mass is 9.78. The SMILES string of the molecule is CNC(=O)N[C@H]1CC[C@H](C(=O)N(C[C@H]2CC[C@H](c3ccc(OC)c(C)c3)CC2)c2cccc(-c3cnn(C4CC4)c3)c2)CC1. The van der Waals surface area contributed by atoms with Crippen LogP contribution in [-0.4, -0.2) is 48.5 Å². The molecule has 44 heavy (non-hydrogen) atoms. The van der Waals surface area contributed by atoms with E-state index < -0.39 is 0 Å². The lowest BCUT2D eigenvalue weighted by molar-refractivity contribution is -0.123. The minimum Gasteiger partial charge on any atom is -0.496 e. The van der Waals surface area contributed by atoms with E-state index in [0.717, 1.165) is 80.5 Å². The molecule has 0 radical (unpaired) electrons. The molecule has 2 N–H and O–H groups in total. The van der Waals surface area contributed by atoms with Gasteiger partial charge in [-0.2, -0.15) is 5.10 Å². The summed E-state index contributed by atoms with van der Waals surface area (Å²) in [5, 5.41) is 10.3. The van der Waals surface area contributed by atoms with Crippen molar-refractivity contribution in [2.45, 2.75) is 89.1 Å². The third-order valence-corrected chi connectivity index (χ3v) is 10.1. The fourth-order valence-electron chi connectivity index (χ4n) is 7.26. The van der Waals surface area contributed by atoms with Crippen LogP contribution in [0.4, 0.5) is 10.5 Å². The normalized spacial score (nSPS) is 23.5. The first-order valence-electron chi connectivity index (χ1n) is 16.5. The second-order valence-electron chi connectivity index (χ2n) is 13.2. The molecule has 3 aliphatic rings. The summed E-state index contributed by atoms with van der Waals surface area (Å²) in [5.41, 5.74) is 5.76. The van der Waals surface area contributed by atoms with Crippen molar-refractivity contribution in [1.82, 2.24) is 20.4 Å². The van der Waals surface area contributed by atoms with Crippen molar-refractivity contribution in [3.8, 4) is 16.9 Å². The molecule has 234 valence electrons. The summed E-state index contributed by atoms with van der Waals surface area (Å²) >= 11 is 0. The number of hydrogen-bond acceptors (Lipinski definition) is 4. The number of nitrogens with zero attached hydrogens (tertiary/aromatic N) is 3. The minimum absolute atomic E-state index is 0.0300. The smallest absolute Gasteiger partial charge is 0.314 e. The highest BCUT2D eigenvalue weighted by molar-refractivity contribution is 5.95. The second-order valence-corrected chi connectivity index (χ2v) is 13.2. The largest absolute Gasteiger partial charge is 0.496 e. The van der Waals surface area contributed by atoms with Gasteiger partial charge in [-0.3, -0.25) is 9.48 Å². The van der Waals surface area contributed by atoms with Gasteiger partial charge in [0.25, 0.3) is 0 Å². The quantitative estimate of drug-likeness (QED) is 0.278. The topological polar surface area (TPSA) is 88.5 Å². The molecule has 8 heteroatoms. The summed E-state index contributed by atoms with van der Waals surface area (Å²) in [6.45, 7) is 2.86. The Hall–Kier alpha value is -3.81. The molecule has 0 bridgehead atoms. The van der Waals surface area contributed by atoms with Crippen LogP contribution in [-0.2, 0) is 4.79 Å². The van der Waals surface area contributed by atoms with Gasteiger partial charge < -0.3 is 20.3 Å². The molecule has 1 aromatic heterocycles. The summed E-state index contributed by atoms with van der Waals surface area (Å²) in [6.07, 6.45) is 14.2. The highest BCUT2D eigenvalue weighted by atomic mass is 16.5. The van der Waals surface area contributed by atoms with Gasteiger partial charge in [0, 0.05) is 43.0 Å². The molecule has 0 unspecified atom stereocenters.